The molecule has 0 unspecified atom stereocenters. The molecule has 0 aliphatic rings. The van der Waals surface area contributed by atoms with Gasteiger partial charge in [-0.25, -0.2) is 9.37 Å². The molecule has 0 aliphatic carbocycles. The van der Waals surface area contributed by atoms with Crippen molar-refractivity contribution >= 4 is 60.6 Å². The van der Waals surface area contributed by atoms with Crippen LogP contribution < -0.4 is 15.0 Å². The summed E-state index contributed by atoms with van der Waals surface area (Å²) in [5.41, 5.74) is 1.70. The average molecular weight is 638 g/mol. The van der Waals surface area contributed by atoms with Crippen molar-refractivity contribution in [2.45, 2.75) is 26.4 Å². The minimum Gasteiger partial charge on any atom is -0.493 e. The Bertz CT molecular complexity index is 1510. The van der Waals surface area contributed by atoms with Crippen molar-refractivity contribution in [3.8, 4) is 11.5 Å². The largest absolute Gasteiger partial charge is 0.493 e. The van der Waals surface area contributed by atoms with Crippen LogP contribution in [0.25, 0.3) is 10.9 Å². The highest BCUT2D eigenvalue weighted by Crippen LogP contribution is 2.42. The maximum Gasteiger partial charge on any atom is 0.282 e. The standard InChI is InChI=1S/C26H21Br2ClFN3O3/c1-3-4-22-32-20-10-7-17(27)12-19(20)26(34)33(22)31-13-16-11-21(35-2)25(24(29)23(16)28)36-14-15-5-8-18(30)9-6-15/h5-13H,3-4,14H2,1-2H3. The van der Waals surface area contributed by atoms with Gasteiger partial charge >= 0.3 is 0 Å². The third-order valence-electron chi connectivity index (χ3n) is 5.33. The van der Waals surface area contributed by atoms with E-state index in [4.69, 9.17) is 21.1 Å². The third kappa shape index (κ3) is 5.63. The topological polar surface area (TPSA) is 65.7 Å². The molecule has 6 nitrogen and oxygen atoms in total. The Labute approximate surface area is 229 Å². The maximum absolute atomic E-state index is 13.3. The summed E-state index contributed by atoms with van der Waals surface area (Å²) in [5.74, 6) is 0.945. The Balaban J connectivity index is 1.71. The van der Waals surface area contributed by atoms with E-state index in [0.717, 1.165) is 16.5 Å². The van der Waals surface area contributed by atoms with Crippen molar-refractivity contribution in [1.82, 2.24) is 9.66 Å². The number of rotatable bonds is 8. The lowest BCUT2D eigenvalue weighted by atomic mass is 10.2. The van der Waals surface area contributed by atoms with Crippen LogP contribution in [0.5, 0.6) is 11.5 Å². The first-order valence-corrected chi connectivity index (χ1v) is 13.0. The second-order valence-corrected chi connectivity index (χ2v) is 9.93. The highest BCUT2D eigenvalue weighted by Gasteiger charge is 2.18. The Kier molecular flexibility index (Phi) is 8.43. The molecule has 0 amide bonds. The Morgan fingerprint density at radius 1 is 1.17 bits per heavy atom. The normalized spacial score (nSPS) is 11.4. The highest BCUT2D eigenvalue weighted by molar-refractivity contribution is 9.10. The second kappa shape index (κ2) is 11.5. The van der Waals surface area contributed by atoms with Gasteiger partial charge in [0.15, 0.2) is 11.5 Å². The van der Waals surface area contributed by atoms with Crippen LogP contribution in [-0.4, -0.2) is 23.0 Å². The fourth-order valence-electron chi connectivity index (χ4n) is 3.54. The lowest BCUT2D eigenvalue weighted by molar-refractivity contribution is 0.284. The van der Waals surface area contributed by atoms with E-state index < -0.39 is 0 Å². The zero-order valence-electron chi connectivity index (χ0n) is 19.4. The molecule has 0 spiro atoms. The molecule has 0 fully saturated rings. The van der Waals surface area contributed by atoms with Crippen LogP contribution >= 0.6 is 43.5 Å². The first kappa shape index (κ1) is 26.3. The van der Waals surface area contributed by atoms with E-state index in [1.165, 1.54) is 30.1 Å². The monoisotopic (exact) mass is 635 g/mol. The van der Waals surface area contributed by atoms with E-state index in [1.807, 2.05) is 13.0 Å². The number of fused-ring (bicyclic) bond motifs is 1. The SMILES string of the molecule is CCCc1nc2ccc(Br)cc2c(=O)n1N=Cc1cc(OC)c(OCc2ccc(F)cc2)c(Cl)c1Br. The van der Waals surface area contributed by atoms with Crippen LogP contribution in [-0.2, 0) is 13.0 Å². The number of hydrogen-bond donors (Lipinski definition) is 0. The van der Waals surface area contributed by atoms with E-state index >= 15 is 0 Å². The molecule has 1 aromatic heterocycles. The van der Waals surface area contributed by atoms with Crippen molar-refractivity contribution in [3.05, 3.63) is 95.6 Å². The van der Waals surface area contributed by atoms with E-state index in [-0.39, 0.29) is 23.0 Å². The first-order valence-electron chi connectivity index (χ1n) is 11.0. The van der Waals surface area contributed by atoms with Crippen LogP contribution in [0, 0.1) is 5.82 Å². The molecule has 4 aromatic rings. The number of methoxy groups -OCH3 is 1. The second-order valence-electron chi connectivity index (χ2n) is 7.84. The van der Waals surface area contributed by atoms with Crippen LogP contribution in [0.15, 0.2) is 67.4 Å². The number of aryl methyl sites for hydroxylation is 1. The Morgan fingerprint density at radius 3 is 2.61 bits per heavy atom. The van der Waals surface area contributed by atoms with Gasteiger partial charge in [-0.2, -0.15) is 9.78 Å². The molecule has 4 rings (SSSR count). The summed E-state index contributed by atoms with van der Waals surface area (Å²) in [7, 11) is 1.50. The lowest BCUT2D eigenvalue weighted by Gasteiger charge is -2.15. The number of benzene rings is 3. The van der Waals surface area contributed by atoms with E-state index in [1.54, 1.807) is 30.3 Å². The van der Waals surface area contributed by atoms with Gasteiger partial charge in [-0.15, -0.1) is 0 Å². The van der Waals surface area contributed by atoms with Gasteiger partial charge in [0.1, 0.15) is 23.3 Å². The fourth-order valence-corrected chi connectivity index (χ4v) is 4.55. The predicted octanol–water partition coefficient (Wildman–Crippen LogP) is 7.14. The quantitative estimate of drug-likeness (QED) is 0.193. The molecule has 0 aliphatic heterocycles. The zero-order valence-corrected chi connectivity index (χ0v) is 23.3. The molecule has 0 bridgehead atoms. The van der Waals surface area contributed by atoms with Gasteiger partial charge in [0, 0.05) is 20.9 Å². The summed E-state index contributed by atoms with van der Waals surface area (Å²) in [5, 5.41) is 5.20. The molecule has 3 aromatic carbocycles. The van der Waals surface area contributed by atoms with Gasteiger partial charge < -0.3 is 9.47 Å². The molecule has 0 atom stereocenters. The van der Waals surface area contributed by atoms with Crippen LogP contribution in [0.1, 0.15) is 30.3 Å². The van der Waals surface area contributed by atoms with Gasteiger partial charge in [-0.05, 0) is 64.3 Å². The predicted molar refractivity (Wildman–Crippen MR) is 147 cm³/mol. The minimum absolute atomic E-state index is 0.171. The molecule has 0 saturated carbocycles. The maximum atomic E-state index is 13.3. The van der Waals surface area contributed by atoms with Crippen LogP contribution in [0.2, 0.25) is 5.02 Å². The molecule has 36 heavy (non-hydrogen) atoms. The van der Waals surface area contributed by atoms with Crippen molar-refractivity contribution in [3.63, 3.8) is 0 Å². The average Bonchev–Trinajstić information content (AvgIpc) is 2.87. The van der Waals surface area contributed by atoms with Crippen molar-refractivity contribution in [2.75, 3.05) is 7.11 Å². The van der Waals surface area contributed by atoms with Crippen molar-refractivity contribution < 1.29 is 13.9 Å². The fraction of sp³-hybridized carbons (Fsp3) is 0.192. The van der Waals surface area contributed by atoms with E-state index in [2.05, 4.69) is 41.9 Å². The molecule has 0 saturated heterocycles. The molecular weight excluding hydrogens is 617 g/mol. The summed E-state index contributed by atoms with van der Waals surface area (Å²) < 4.78 is 27.2. The van der Waals surface area contributed by atoms with Crippen molar-refractivity contribution in [1.29, 1.82) is 0 Å². The molecular formula is C26H21Br2ClFN3O3. The molecule has 10 heteroatoms. The summed E-state index contributed by atoms with van der Waals surface area (Å²) in [4.78, 5) is 17.9. The van der Waals surface area contributed by atoms with Crippen LogP contribution in [0.3, 0.4) is 0 Å². The lowest BCUT2D eigenvalue weighted by Crippen LogP contribution is -2.22. The highest BCUT2D eigenvalue weighted by atomic mass is 79.9. The molecule has 0 N–H and O–H groups in total. The van der Waals surface area contributed by atoms with Gasteiger partial charge in [0.05, 0.1) is 24.2 Å². The molecule has 1 heterocycles. The van der Waals surface area contributed by atoms with Gasteiger partial charge in [0.25, 0.3) is 5.56 Å². The van der Waals surface area contributed by atoms with Gasteiger partial charge in [0.2, 0.25) is 0 Å². The van der Waals surface area contributed by atoms with E-state index in [0.29, 0.717) is 44.7 Å². The first-order chi connectivity index (χ1) is 17.3. The third-order valence-corrected chi connectivity index (χ3v) is 7.27. The summed E-state index contributed by atoms with van der Waals surface area (Å²) >= 11 is 13.5. The van der Waals surface area contributed by atoms with Gasteiger partial charge in [-0.3, -0.25) is 4.79 Å². The summed E-state index contributed by atoms with van der Waals surface area (Å²) in [6.45, 7) is 2.18. The molecule has 0 radical (unpaired) electrons. The number of hydrogen-bond acceptors (Lipinski definition) is 5. The number of halogens is 4. The number of nitrogens with zero attached hydrogens (tertiary/aromatic N) is 3. The van der Waals surface area contributed by atoms with E-state index in [9.17, 15) is 9.18 Å². The van der Waals surface area contributed by atoms with Crippen LogP contribution in [0.4, 0.5) is 4.39 Å². The minimum atomic E-state index is -0.323. The number of aromatic nitrogens is 2. The Morgan fingerprint density at radius 2 is 1.92 bits per heavy atom. The smallest absolute Gasteiger partial charge is 0.282 e. The summed E-state index contributed by atoms with van der Waals surface area (Å²) in [6.07, 6.45) is 2.90. The molecule has 186 valence electrons. The van der Waals surface area contributed by atoms with Crippen molar-refractivity contribution in [2.24, 2.45) is 5.10 Å². The Hall–Kier alpha value is -2.75. The van der Waals surface area contributed by atoms with Gasteiger partial charge in [-0.1, -0.05) is 46.6 Å². The zero-order chi connectivity index (χ0) is 25.8. The number of ether oxygens (including phenoxy) is 2. The summed E-state index contributed by atoms with van der Waals surface area (Å²) in [6, 6.07) is 13.1.